The quantitative estimate of drug-likeness (QED) is 0.799. The second-order valence-corrected chi connectivity index (χ2v) is 5.27. The van der Waals surface area contributed by atoms with Crippen molar-refractivity contribution in [2.24, 2.45) is 5.92 Å². The van der Waals surface area contributed by atoms with Crippen LogP contribution >= 0.6 is 0 Å². The van der Waals surface area contributed by atoms with Crippen molar-refractivity contribution in [2.75, 3.05) is 13.7 Å². The molecule has 2 rings (SSSR count). The fraction of sp³-hybridized carbons (Fsp3) is 0.600. The normalized spacial score (nSPS) is 22.5. The molecule has 1 aliphatic carbocycles. The maximum atomic E-state index is 11.3. The molecule has 0 bridgehead atoms. The van der Waals surface area contributed by atoms with Crippen LogP contribution in [0.3, 0.4) is 0 Å². The van der Waals surface area contributed by atoms with Crippen molar-refractivity contribution < 1.29 is 14.6 Å². The lowest BCUT2D eigenvalue weighted by Crippen LogP contribution is -2.33. The van der Waals surface area contributed by atoms with Crippen LogP contribution in [0.4, 0.5) is 0 Å². The Kier molecular flexibility index (Phi) is 5.49. The summed E-state index contributed by atoms with van der Waals surface area (Å²) in [4.78, 5) is 15.5. The summed E-state index contributed by atoms with van der Waals surface area (Å²) in [7, 11) is 1.35. The first kappa shape index (κ1) is 14.9. The highest BCUT2D eigenvalue weighted by Crippen LogP contribution is 2.23. The molecule has 1 aromatic heterocycles. The topological polar surface area (TPSA) is 71.5 Å². The monoisotopic (exact) mass is 278 g/mol. The van der Waals surface area contributed by atoms with Crippen LogP contribution in [-0.2, 0) is 11.3 Å². The number of hydrogen-bond donors (Lipinski definition) is 2. The van der Waals surface area contributed by atoms with Gasteiger partial charge in [-0.3, -0.25) is 4.98 Å². The number of carbonyl (C=O) groups excluding carboxylic acids is 1. The van der Waals surface area contributed by atoms with Gasteiger partial charge in [0.25, 0.3) is 0 Å². The van der Waals surface area contributed by atoms with Gasteiger partial charge in [0.1, 0.15) is 0 Å². The molecule has 5 nitrogen and oxygen atoms in total. The molecule has 0 aromatic carbocycles. The average molecular weight is 278 g/mol. The largest absolute Gasteiger partial charge is 0.465 e. The van der Waals surface area contributed by atoms with Crippen molar-refractivity contribution in [1.82, 2.24) is 10.3 Å². The van der Waals surface area contributed by atoms with E-state index in [2.05, 4.69) is 15.0 Å². The molecule has 2 atom stereocenters. The molecule has 0 aliphatic heterocycles. The second kappa shape index (κ2) is 7.36. The third kappa shape index (κ3) is 4.02. The first-order valence-corrected chi connectivity index (χ1v) is 7.12. The SMILES string of the molecule is COC(=O)c1ccc(CNCC2CCCCC2O)nc1. The van der Waals surface area contributed by atoms with E-state index in [0.29, 0.717) is 18.0 Å². The van der Waals surface area contributed by atoms with Gasteiger partial charge in [0.15, 0.2) is 0 Å². The number of nitrogens with zero attached hydrogens (tertiary/aromatic N) is 1. The highest BCUT2D eigenvalue weighted by atomic mass is 16.5. The van der Waals surface area contributed by atoms with E-state index in [9.17, 15) is 9.90 Å². The molecule has 2 unspecified atom stereocenters. The summed E-state index contributed by atoms with van der Waals surface area (Å²) in [6.45, 7) is 1.45. The molecular formula is C15H22N2O3. The van der Waals surface area contributed by atoms with E-state index < -0.39 is 0 Å². The minimum atomic E-state index is -0.373. The Hall–Kier alpha value is -1.46. The Balaban J connectivity index is 1.77. The predicted octanol–water partition coefficient (Wildman–Crippen LogP) is 1.51. The molecule has 1 saturated carbocycles. The Bertz CT molecular complexity index is 433. The van der Waals surface area contributed by atoms with Crippen LogP contribution in [0.15, 0.2) is 18.3 Å². The summed E-state index contributed by atoms with van der Waals surface area (Å²) in [5, 5.41) is 13.2. The summed E-state index contributed by atoms with van der Waals surface area (Å²) < 4.78 is 4.63. The lowest BCUT2D eigenvalue weighted by atomic mass is 9.86. The Morgan fingerprint density at radius 1 is 1.45 bits per heavy atom. The first-order chi connectivity index (χ1) is 9.70. The van der Waals surface area contributed by atoms with E-state index in [1.807, 2.05) is 6.07 Å². The third-order valence-electron chi connectivity index (χ3n) is 3.83. The number of nitrogens with one attached hydrogen (secondary N) is 1. The third-order valence-corrected chi connectivity index (χ3v) is 3.83. The van der Waals surface area contributed by atoms with Crippen LogP contribution in [-0.4, -0.2) is 35.8 Å². The molecule has 110 valence electrons. The van der Waals surface area contributed by atoms with E-state index in [1.165, 1.54) is 19.7 Å². The molecule has 1 heterocycles. The molecule has 0 amide bonds. The Labute approximate surface area is 119 Å². The molecule has 1 aromatic rings. The molecule has 0 saturated heterocycles. The summed E-state index contributed by atoms with van der Waals surface area (Å²) in [5.41, 5.74) is 1.34. The van der Waals surface area contributed by atoms with Gasteiger partial charge in [-0.05, 0) is 30.9 Å². The lowest BCUT2D eigenvalue weighted by molar-refractivity contribution is 0.0600. The van der Waals surface area contributed by atoms with Crippen LogP contribution in [0.2, 0.25) is 0 Å². The van der Waals surface area contributed by atoms with Crippen molar-refractivity contribution in [1.29, 1.82) is 0 Å². The number of hydrogen-bond acceptors (Lipinski definition) is 5. The zero-order valence-corrected chi connectivity index (χ0v) is 11.8. The number of aliphatic hydroxyl groups excluding tert-OH is 1. The molecule has 0 spiro atoms. The highest BCUT2D eigenvalue weighted by molar-refractivity contribution is 5.88. The smallest absolute Gasteiger partial charge is 0.339 e. The van der Waals surface area contributed by atoms with Crippen LogP contribution in [0.25, 0.3) is 0 Å². The summed E-state index contributed by atoms with van der Waals surface area (Å²) in [6.07, 6.45) is 5.69. The van der Waals surface area contributed by atoms with Gasteiger partial charge < -0.3 is 15.2 Å². The van der Waals surface area contributed by atoms with Crippen molar-refractivity contribution >= 4 is 5.97 Å². The summed E-state index contributed by atoms with van der Waals surface area (Å²) >= 11 is 0. The van der Waals surface area contributed by atoms with Gasteiger partial charge in [-0.15, -0.1) is 0 Å². The number of methoxy groups -OCH3 is 1. The van der Waals surface area contributed by atoms with E-state index in [0.717, 1.165) is 31.5 Å². The molecule has 2 N–H and O–H groups in total. The number of ether oxygens (including phenoxy) is 1. The zero-order valence-electron chi connectivity index (χ0n) is 11.8. The Morgan fingerprint density at radius 2 is 2.25 bits per heavy atom. The minimum Gasteiger partial charge on any atom is -0.465 e. The number of carbonyl (C=O) groups is 1. The summed E-state index contributed by atoms with van der Waals surface area (Å²) in [6, 6.07) is 3.53. The predicted molar refractivity (Wildman–Crippen MR) is 75.2 cm³/mol. The second-order valence-electron chi connectivity index (χ2n) is 5.27. The van der Waals surface area contributed by atoms with Crippen molar-refractivity contribution in [3.63, 3.8) is 0 Å². The molecule has 1 aliphatic rings. The van der Waals surface area contributed by atoms with Crippen LogP contribution in [0.1, 0.15) is 41.7 Å². The van der Waals surface area contributed by atoms with E-state index in [4.69, 9.17) is 0 Å². The highest BCUT2D eigenvalue weighted by Gasteiger charge is 2.22. The van der Waals surface area contributed by atoms with Gasteiger partial charge >= 0.3 is 5.97 Å². The van der Waals surface area contributed by atoms with Crippen LogP contribution in [0.5, 0.6) is 0 Å². The van der Waals surface area contributed by atoms with Gasteiger partial charge in [-0.2, -0.15) is 0 Å². The van der Waals surface area contributed by atoms with E-state index in [-0.39, 0.29) is 12.1 Å². The van der Waals surface area contributed by atoms with E-state index in [1.54, 1.807) is 6.07 Å². The number of aliphatic hydroxyl groups is 1. The number of esters is 1. The number of pyridine rings is 1. The van der Waals surface area contributed by atoms with Gasteiger partial charge in [-0.25, -0.2) is 4.79 Å². The number of rotatable bonds is 5. The fourth-order valence-corrected chi connectivity index (χ4v) is 2.58. The molecular weight excluding hydrogens is 256 g/mol. The minimum absolute atomic E-state index is 0.175. The van der Waals surface area contributed by atoms with Crippen LogP contribution in [0, 0.1) is 5.92 Å². The zero-order chi connectivity index (χ0) is 14.4. The number of aromatic nitrogens is 1. The maximum Gasteiger partial charge on any atom is 0.339 e. The van der Waals surface area contributed by atoms with E-state index >= 15 is 0 Å². The summed E-state index contributed by atoms with van der Waals surface area (Å²) in [5.74, 6) is -0.0274. The average Bonchev–Trinajstić information content (AvgIpc) is 2.49. The van der Waals surface area contributed by atoms with Crippen LogP contribution < -0.4 is 5.32 Å². The standard InChI is InChI=1S/C15H22N2O3/c1-20-15(19)12-6-7-13(17-9-12)10-16-8-11-4-2-3-5-14(11)18/h6-7,9,11,14,16,18H,2-5,8,10H2,1H3. The fourth-order valence-electron chi connectivity index (χ4n) is 2.58. The maximum absolute atomic E-state index is 11.3. The first-order valence-electron chi connectivity index (χ1n) is 7.12. The van der Waals surface area contributed by atoms with Gasteiger partial charge in [-0.1, -0.05) is 12.8 Å². The lowest BCUT2D eigenvalue weighted by Gasteiger charge is -2.27. The molecule has 1 fully saturated rings. The van der Waals surface area contributed by atoms with Crippen molar-refractivity contribution in [3.8, 4) is 0 Å². The van der Waals surface area contributed by atoms with Crippen molar-refractivity contribution in [2.45, 2.75) is 38.3 Å². The molecule has 20 heavy (non-hydrogen) atoms. The molecule has 5 heteroatoms. The molecule has 0 radical (unpaired) electrons. The van der Waals surface area contributed by atoms with Gasteiger partial charge in [0, 0.05) is 19.3 Å². The van der Waals surface area contributed by atoms with Gasteiger partial charge in [0.2, 0.25) is 0 Å². The van der Waals surface area contributed by atoms with Gasteiger partial charge in [0.05, 0.1) is 24.5 Å². The van der Waals surface area contributed by atoms with Crippen molar-refractivity contribution in [3.05, 3.63) is 29.6 Å². The Morgan fingerprint density at radius 3 is 2.90 bits per heavy atom.